The average Bonchev–Trinajstić information content (AvgIpc) is 2.88. The average molecular weight is 287 g/mol. The van der Waals surface area contributed by atoms with Crippen LogP contribution in [-0.4, -0.2) is 11.2 Å². The van der Waals surface area contributed by atoms with Crippen molar-refractivity contribution in [1.82, 2.24) is 4.98 Å². The molecule has 0 aliphatic rings. The predicted octanol–water partition coefficient (Wildman–Crippen LogP) is 5.27. The smallest absolute Gasteiger partial charge is 0.361 e. The van der Waals surface area contributed by atoms with Gasteiger partial charge in [-0.15, -0.1) is 0 Å². The van der Waals surface area contributed by atoms with E-state index in [0.717, 1.165) is 0 Å². The molecule has 21 heavy (non-hydrogen) atoms. The number of allylic oxidation sites excluding steroid dienone is 1. The molecule has 0 amide bonds. The zero-order chi connectivity index (χ0) is 14.9. The summed E-state index contributed by atoms with van der Waals surface area (Å²) >= 11 is 0. The fraction of sp³-hybridized carbons (Fsp3) is 0.0588. The van der Waals surface area contributed by atoms with Crippen LogP contribution in [0.4, 0.5) is 13.2 Å². The van der Waals surface area contributed by atoms with E-state index in [1.807, 2.05) is 0 Å². The number of para-hydroxylation sites is 1. The van der Waals surface area contributed by atoms with E-state index < -0.39 is 11.7 Å². The van der Waals surface area contributed by atoms with E-state index in [9.17, 15) is 13.2 Å². The molecule has 1 heterocycles. The molecule has 1 N–H and O–H groups in total. The lowest BCUT2D eigenvalue weighted by Gasteiger charge is -2.11. The van der Waals surface area contributed by atoms with Gasteiger partial charge in [0.1, 0.15) is 0 Å². The molecule has 0 fully saturated rings. The van der Waals surface area contributed by atoms with Crippen LogP contribution in [0.25, 0.3) is 22.6 Å². The van der Waals surface area contributed by atoms with Crippen LogP contribution in [-0.2, 0) is 0 Å². The first-order chi connectivity index (χ1) is 10.1. The molecule has 0 radical (unpaired) electrons. The molecule has 3 rings (SSSR count). The van der Waals surface area contributed by atoms with Gasteiger partial charge in [0.05, 0.1) is 5.57 Å². The number of hydrogen-bond acceptors (Lipinski definition) is 0. The maximum atomic E-state index is 13.4. The van der Waals surface area contributed by atoms with E-state index in [4.69, 9.17) is 0 Å². The third-order valence-electron chi connectivity index (χ3n) is 3.30. The summed E-state index contributed by atoms with van der Waals surface area (Å²) in [5.74, 6) is 0. The number of fused-ring (bicyclic) bond motifs is 1. The maximum absolute atomic E-state index is 13.4. The summed E-state index contributed by atoms with van der Waals surface area (Å²) in [5.41, 5.74) is 0.735. The molecule has 0 saturated heterocycles. The molecule has 0 bridgehead atoms. The first kappa shape index (κ1) is 13.5. The monoisotopic (exact) mass is 287 g/mol. The molecule has 2 aromatic carbocycles. The second kappa shape index (κ2) is 5.13. The SMILES string of the molecule is FC(F)(F)/C(=C/c1ccccc1)c1c[nH]c2ccccc12. The van der Waals surface area contributed by atoms with Crippen molar-refractivity contribution in [2.45, 2.75) is 6.18 Å². The van der Waals surface area contributed by atoms with Gasteiger partial charge in [-0.1, -0.05) is 48.5 Å². The first-order valence-electron chi connectivity index (χ1n) is 6.46. The molecule has 0 saturated carbocycles. The summed E-state index contributed by atoms with van der Waals surface area (Å²) in [7, 11) is 0. The molecule has 0 atom stereocenters. The second-order valence-corrected chi connectivity index (χ2v) is 4.71. The van der Waals surface area contributed by atoms with E-state index in [2.05, 4.69) is 4.98 Å². The molecular formula is C17H12F3N. The van der Waals surface area contributed by atoms with E-state index in [-0.39, 0.29) is 5.56 Å². The normalized spacial score (nSPS) is 12.8. The Kier molecular flexibility index (Phi) is 3.29. The molecule has 0 spiro atoms. The van der Waals surface area contributed by atoms with Crippen molar-refractivity contribution in [3.63, 3.8) is 0 Å². The van der Waals surface area contributed by atoms with Crippen LogP contribution in [0.3, 0.4) is 0 Å². The van der Waals surface area contributed by atoms with Gasteiger partial charge in [-0.25, -0.2) is 0 Å². The topological polar surface area (TPSA) is 15.8 Å². The largest absolute Gasteiger partial charge is 0.417 e. The number of halogens is 3. The second-order valence-electron chi connectivity index (χ2n) is 4.71. The van der Waals surface area contributed by atoms with Gasteiger partial charge in [0, 0.05) is 22.7 Å². The van der Waals surface area contributed by atoms with Crippen molar-refractivity contribution in [1.29, 1.82) is 0 Å². The fourth-order valence-corrected chi connectivity index (χ4v) is 2.32. The van der Waals surface area contributed by atoms with Crippen molar-refractivity contribution in [3.8, 4) is 0 Å². The van der Waals surface area contributed by atoms with Gasteiger partial charge in [0.15, 0.2) is 0 Å². The lowest BCUT2D eigenvalue weighted by atomic mass is 10.0. The number of alkyl halides is 3. The maximum Gasteiger partial charge on any atom is 0.417 e. The molecule has 106 valence electrons. The van der Waals surface area contributed by atoms with Gasteiger partial charge in [0.2, 0.25) is 0 Å². The number of benzene rings is 2. The first-order valence-corrected chi connectivity index (χ1v) is 6.46. The zero-order valence-corrected chi connectivity index (χ0v) is 11.0. The third-order valence-corrected chi connectivity index (χ3v) is 3.30. The Morgan fingerprint density at radius 3 is 2.29 bits per heavy atom. The minimum Gasteiger partial charge on any atom is -0.361 e. The summed E-state index contributed by atoms with van der Waals surface area (Å²) in [6.07, 6.45) is -1.83. The highest BCUT2D eigenvalue weighted by molar-refractivity contribution is 5.98. The number of aromatic amines is 1. The van der Waals surface area contributed by atoms with Crippen LogP contribution < -0.4 is 0 Å². The lowest BCUT2D eigenvalue weighted by Crippen LogP contribution is -2.10. The molecule has 0 aliphatic carbocycles. The van der Waals surface area contributed by atoms with Gasteiger partial charge in [-0.3, -0.25) is 0 Å². The van der Waals surface area contributed by atoms with Gasteiger partial charge in [0.25, 0.3) is 0 Å². The molecule has 0 aliphatic heterocycles. The summed E-state index contributed by atoms with van der Waals surface area (Å²) in [6, 6.07) is 15.5. The molecule has 4 heteroatoms. The van der Waals surface area contributed by atoms with Gasteiger partial charge < -0.3 is 4.98 Å². The van der Waals surface area contributed by atoms with Crippen LogP contribution in [0.2, 0.25) is 0 Å². The molecular weight excluding hydrogens is 275 g/mol. The van der Waals surface area contributed by atoms with Crippen LogP contribution >= 0.6 is 0 Å². The van der Waals surface area contributed by atoms with Gasteiger partial charge >= 0.3 is 6.18 Å². The Balaban J connectivity index is 2.20. The summed E-state index contributed by atoms with van der Waals surface area (Å²) < 4.78 is 40.2. The van der Waals surface area contributed by atoms with Crippen molar-refractivity contribution >= 4 is 22.6 Å². The highest BCUT2D eigenvalue weighted by atomic mass is 19.4. The number of rotatable bonds is 2. The number of aromatic nitrogens is 1. The Hall–Kier alpha value is -2.49. The highest BCUT2D eigenvalue weighted by Crippen LogP contribution is 2.38. The minimum atomic E-state index is -4.42. The summed E-state index contributed by atoms with van der Waals surface area (Å²) in [4.78, 5) is 2.89. The standard InChI is InChI=1S/C17H12F3N/c18-17(19,20)15(10-12-6-2-1-3-7-12)14-11-21-16-9-5-4-8-13(14)16/h1-11,21H/b15-10+. The highest BCUT2D eigenvalue weighted by Gasteiger charge is 2.35. The number of nitrogens with one attached hydrogen (secondary N) is 1. The van der Waals surface area contributed by atoms with Crippen LogP contribution in [0.15, 0.2) is 60.8 Å². The quantitative estimate of drug-likeness (QED) is 0.660. The van der Waals surface area contributed by atoms with Crippen molar-refractivity contribution < 1.29 is 13.2 Å². The minimum absolute atomic E-state index is 0.168. The van der Waals surface area contributed by atoms with Gasteiger partial charge in [-0.05, 0) is 17.7 Å². The summed E-state index contributed by atoms with van der Waals surface area (Å²) in [6.45, 7) is 0. The van der Waals surface area contributed by atoms with Gasteiger partial charge in [-0.2, -0.15) is 13.2 Å². The van der Waals surface area contributed by atoms with E-state index >= 15 is 0 Å². The predicted molar refractivity (Wildman–Crippen MR) is 78.7 cm³/mol. The van der Waals surface area contributed by atoms with Crippen LogP contribution in [0.1, 0.15) is 11.1 Å². The molecule has 3 aromatic rings. The van der Waals surface area contributed by atoms with Crippen LogP contribution in [0, 0.1) is 0 Å². The summed E-state index contributed by atoms with van der Waals surface area (Å²) in [5, 5.41) is 0.567. The van der Waals surface area contributed by atoms with Crippen molar-refractivity contribution in [2.24, 2.45) is 0 Å². The third kappa shape index (κ3) is 2.70. The molecule has 1 aromatic heterocycles. The van der Waals surface area contributed by atoms with Crippen molar-refractivity contribution in [2.75, 3.05) is 0 Å². The zero-order valence-electron chi connectivity index (χ0n) is 11.0. The number of hydrogen-bond donors (Lipinski definition) is 1. The number of H-pyrrole nitrogens is 1. The Morgan fingerprint density at radius 1 is 0.905 bits per heavy atom. The Bertz CT molecular complexity index is 782. The van der Waals surface area contributed by atoms with E-state index in [0.29, 0.717) is 16.5 Å². The lowest BCUT2D eigenvalue weighted by molar-refractivity contribution is -0.0682. The van der Waals surface area contributed by atoms with E-state index in [1.54, 1.807) is 54.6 Å². The molecule has 0 unspecified atom stereocenters. The van der Waals surface area contributed by atoms with Crippen molar-refractivity contribution in [3.05, 3.63) is 71.9 Å². The Labute approximate surface area is 119 Å². The fourth-order valence-electron chi connectivity index (χ4n) is 2.32. The van der Waals surface area contributed by atoms with E-state index in [1.165, 1.54) is 12.3 Å². The van der Waals surface area contributed by atoms with Crippen LogP contribution in [0.5, 0.6) is 0 Å². The molecule has 1 nitrogen and oxygen atoms in total. The Morgan fingerprint density at radius 2 is 1.57 bits per heavy atom.